The lowest BCUT2D eigenvalue weighted by Crippen LogP contribution is -2.42. The van der Waals surface area contributed by atoms with Gasteiger partial charge < -0.3 is 16.0 Å². The molecule has 16 heavy (non-hydrogen) atoms. The predicted molar refractivity (Wildman–Crippen MR) is 67.4 cm³/mol. The van der Waals surface area contributed by atoms with Gasteiger partial charge in [-0.2, -0.15) is 0 Å². The summed E-state index contributed by atoms with van der Waals surface area (Å²) in [7, 11) is 1.70. The molecule has 0 heterocycles. The Balaban J connectivity index is 3.63. The first-order chi connectivity index (χ1) is 7.61. The summed E-state index contributed by atoms with van der Waals surface area (Å²) in [5, 5.41) is 8.93. The zero-order valence-electron chi connectivity index (χ0n) is 10.3. The van der Waals surface area contributed by atoms with Crippen LogP contribution in [0.1, 0.15) is 13.8 Å². The van der Waals surface area contributed by atoms with E-state index in [2.05, 4.69) is 27.5 Å². The summed E-state index contributed by atoms with van der Waals surface area (Å²) < 4.78 is 0. The Bertz CT molecular complexity index is 248. The van der Waals surface area contributed by atoms with Crippen LogP contribution in [0.4, 0.5) is 0 Å². The van der Waals surface area contributed by atoms with Crippen LogP contribution in [0.3, 0.4) is 0 Å². The van der Waals surface area contributed by atoms with Gasteiger partial charge in [0, 0.05) is 32.6 Å². The maximum atomic E-state index is 11.2. The van der Waals surface area contributed by atoms with Crippen molar-refractivity contribution < 1.29 is 4.79 Å². The molecule has 0 saturated carbocycles. The molecule has 0 aliphatic heterocycles. The van der Waals surface area contributed by atoms with Crippen molar-refractivity contribution in [3.05, 3.63) is 12.7 Å². The number of nitrogens with zero attached hydrogens (tertiary/aromatic N) is 1. The summed E-state index contributed by atoms with van der Waals surface area (Å²) in [5.74, 6) is 0.799. The van der Waals surface area contributed by atoms with E-state index in [1.54, 1.807) is 13.1 Å². The molecular weight excluding hydrogens is 204 g/mol. The number of guanidine groups is 1. The molecule has 0 rings (SSSR count). The SMILES string of the molecule is C=CCNC(=NC)NCCNC(=O)C(C)C. The Morgan fingerprint density at radius 2 is 1.94 bits per heavy atom. The zero-order chi connectivity index (χ0) is 12.4. The van der Waals surface area contributed by atoms with Crippen LogP contribution < -0.4 is 16.0 Å². The van der Waals surface area contributed by atoms with Crippen LogP contribution >= 0.6 is 0 Å². The van der Waals surface area contributed by atoms with Crippen molar-refractivity contribution in [2.45, 2.75) is 13.8 Å². The first-order valence-corrected chi connectivity index (χ1v) is 5.45. The third-order valence-electron chi connectivity index (χ3n) is 1.88. The van der Waals surface area contributed by atoms with Crippen molar-refractivity contribution in [1.29, 1.82) is 0 Å². The second kappa shape index (κ2) is 8.76. The summed E-state index contributed by atoms with van der Waals surface area (Å²) in [6, 6.07) is 0. The molecule has 0 radical (unpaired) electrons. The lowest BCUT2D eigenvalue weighted by molar-refractivity contribution is -0.123. The fraction of sp³-hybridized carbons (Fsp3) is 0.636. The summed E-state index contributed by atoms with van der Waals surface area (Å²) in [5.41, 5.74) is 0. The number of carbonyl (C=O) groups is 1. The van der Waals surface area contributed by atoms with E-state index in [1.807, 2.05) is 13.8 Å². The molecule has 0 spiro atoms. The number of nitrogens with one attached hydrogen (secondary N) is 3. The molecule has 0 aliphatic rings. The standard InChI is InChI=1S/C11H22N4O/c1-5-6-14-11(12-4)15-8-7-13-10(16)9(2)3/h5,9H,1,6-8H2,2-4H3,(H,13,16)(H2,12,14,15). The average molecular weight is 226 g/mol. The lowest BCUT2D eigenvalue weighted by Gasteiger charge is -2.11. The zero-order valence-corrected chi connectivity index (χ0v) is 10.3. The van der Waals surface area contributed by atoms with Crippen molar-refractivity contribution in [2.75, 3.05) is 26.7 Å². The molecule has 0 aromatic heterocycles. The molecule has 0 bridgehead atoms. The fourth-order valence-corrected chi connectivity index (χ4v) is 0.960. The van der Waals surface area contributed by atoms with Gasteiger partial charge in [0.15, 0.2) is 5.96 Å². The van der Waals surface area contributed by atoms with Crippen molar-refractivity contribution in [1.82, 2.24) is 16.0 Å². The highest BCUT2D eigenvalue weighted by Crippen LogP contribution is 1.88. The molecule has 92 valence electrons. The summed E-state index contributed by atoms with van der Waals surface area (Å²) in [6.45, 7) is 9.24. The van der Waals surface area contributed by atoms with Gasteiger partial charge in [0.05, 0.1) is 0 Å². The molecule has 3 N–H and O–H groups in total. The minimum absolute atomic E-state index is 0.0261. The molecule has 5 nitrogen and oxygen atoms in total. The molecule has 0 aromatic carbocycles. The van der Waals surface area contributed by atoms with Gasteiger partial charge >= 0.3 is 0 Å². The van der Waals surface area contributed by atoms with Gasteiger partial charge in [-0.05, 0) is 0 Å². The molecule has 0 fully saturated rings. The second-order valence-corrected chi connectivity index (χ2v) is 3.61. The Morgan fingerprint density at radius 3 is 2.44 bits per heavy atom. The van der Waals surface area contributed by atoms with Crippen LogP contribution in [-0.4, -0.2) is 38.5 Å². The first kappa shape index (κ1) is 14.5. The van der Waals surface area contributed by atoms with Gasteiger partial charge in [-0.1, -0.05) is 19.9 Å². The molecule has 5 heteroatoms. The lowest BCUT2D eigenvalue weighted by atomic mass is 10.2. The molecular formula is C11H22N4O. The van der Waals surface area contributed by atoms with E-state index in [-0.39, 0.29) is 11.8 Å². The van der Waals surface area contributed by atoms with Gasteiger partial charge in [0.1, 0.15) is 0 Å². The van der Waals surface area contributed by atoms with E-state index in [0.29, 0.717) is 25.6 Å². The van der Waals surface area contributed by atoms with E-state index >= 15 is 0 Å². The van der Waals surface area contributed by atoms with Gasteiger partial charge in [-0.25, -0.2) is 0 Å². The van der Waals surface area contributed by atoms with E-state index < -0.39 is 0 Å². The highest BCUT2D eigenvalue weighted by molar-refractivity contribution is 5.80. The van der Waals surface area contributed by atoms with Crippen LogP contribution in [0.25, 0.3) is 0 Å². The molecule has 0 aliphatic carbocycles. The number of amides is 1. The first-order valence-electron chi connectivity index (χ1n) is 5.45. The van der Waals surface area contributed by atoms with E-state index in [9.17, 15) is 4.79 Å². The van der Waals surface area contributed by atoms with E-state index in [1.165, 1.54) is 0 Å². The Hall–Kier alpha value is -1.52. The number of rotatable bonds is 6. The third kappa shape index (κ3) is 6.86. The van der Waals surface area contributed by atoms with Gasteiger partial charge in [-0.15, -0.1) is 6.58 Å². The van der Waals surface area contributed by atoms with Crippen LogP contribution in [0.15, 0.2) is 17.6 Å². The maximum absolute atomic E-state index is 11.2. The van der Waals surface area contributed by atoms with Crippen LogP contribution in [0, 0.1) is 5.92 Å². The predicted octanol–water partition coefficient (Wildman–Crippen LogP) is 0.110. The Labute approximate surface area is 97.4 Å². The highest BCUT2D eigenvalue weighted by atomic mass is 16.1. The van der Waals surface area contributed by atoms with Crippen molar-refractivity contribution >= 4 is 11.9 Å². The minimum Gasteiger partial charge on any atom is -0.355 e. The van der Waals surface area contributed by atoms with Gasteiger partial charge in [0.2, 0.25) is 5.91 Å². The maximum Gasteiger partial charge on any atom is 0.222 e. The van der Waals surface area contributed by atoms with Gasteiger partial charge in [0.25, 0.3) is 0 Å². The van der Waals surface area contributed by atoms with E-state index in [4.69, 9.17) is 0 Å². The number of carbonyl (C=O) groups excluding carboxylic acids is 1. The summed E-state index contributed by atoms with van der Waals surface area (Å²) in [6.07, 6.45) is 1.76. The number of hydrogen-bond donors (Lipinski definition) is 3. The number of hydrogen-bond acceptors (Lipinski definition) is 2. The quantitative estimate of drug-likeness (QED) is 0.261. The molecule has 0 atom stereocenters. The van der Waals surface area contributed by atoms with Crippen LogP contribution in [0.5, 0.6) is 0 Å². The van der Waals surface area contributed by atoms with Crippen molar-refractivity contribution in [3.8, 4) is 0 Å². The molecule has 0 aromatic rings. The number of aliphatic imine (C=N–C) groups is 1. The second-order valence-electron chi connectivity index (χ2n) is 3.61. The molecule has 0 saturated heterocycles. The Kier molecular flexibility index (Phi) is 7.93. The van der Waals surface area contributed by atoms with Crippen LogP contribution in [-0.2, 0) is 4.79 Å². The fourth-order valence-electron chi connectivity index (χ4n) is 0.960. The highest BCUT2D eigenvalue weighted by Gasteiger charge is 2.04. The molecule has 1 amide bonds. The normalized spacial score (nSPS) is 11.1. The largest absolute Gasteiger partial charge is 0.355 e. The van der Waals surface area contributed by atoms with Crippen LogP contribution in [0.2, 0.25) is 0 Å². The summed E-state index contributed by atoms with van der Waals surface area (Å²) in [4.78, 5) is 15.2. The average Bonchev–Trinajstić information content (AvgIpc) is 2.27. The molecule has 0 unspecified atom stereocenters. The Morgan fingerprint density at radius 1 is 1.31 bits per heavy atom. The topological polar surface area (TPSA) is 65.5 Å². The van der Waals surface area contributed by atoms with Crippen molar-refractivity contribution in [2.24, 2.45) is 10.9 Å². The van der Waals surface area contributed by atoms with Crippen molar-refractivity contribution in [3.63, 3.8) is 0 Å². The van der Waals surface area contributed by atoms with E-state index in [0.717, 1.165) is 0 Å². The van der Waals surface area contributed by atoms with Gasteiger partial charge in [-0.3, -0.25) is 9.79 Å². The smallest absolute Gasteiger partial charge is 0.222 e. The summed E-state index contributed by atoms with van der Waals surface area (Å²) >= 11 is 0. The monoisotopic (exact) mass is 226 g/mol. The minimum atomic E-state index is 0.0261. The third-order valence-corrected chi connectivity index (χ3v) is 1.88.